The Hall–Kier alpha value is -2.10. The minimum absolute atomic E-state index is 0.557. The van der Waals surface area contributed by atoms with Gasteiger partial charge < -0.3 is 10.2 Å². The van der Waals surface area contributed by atoms with Crippen LogP contribution in [0, 0.1) is 6.92 Å². The smallest absolute Gasteiger partial charge is 0.158 e. The van der Waals surface area contributed by atoms with Crippen LogP contribution in [0.4, 0.5) is 17.3 Å². The van der Waals surface area contributed by atoms with E-state index in [0.717, 1.165) is 23.9 Å². The lowest BCUT2D eigenvalue weighted by Crippen LogP contribution is -2.22. The highest BCUT2D eigenvalue weighted by Crippen LogP contribution is 2.43. The number of rotatable bonds is 1. The maximum atomic E-state index is 4.61. The van der Waals surface area contributed by atoms with Gasteiger partial charge in [-0.05, 0) is 37.5 Å². The molecule has 1 saturated carbocycles. The lowest BCUT2D eigenvalue weighted by Gasteiger charge is -2.24. The highest BCUT2D eigenvalue weighted by atomic mass is 15.3. The predicted molar refractivity (Wildman–Crippen MR) is 75.7 cm³/mol. The Bertz CT molecular complexity index is 634. The van der Waals surface area contributed by atoms with Crippen LogP contribution in [0.15, 0.2) is 30.6 Å². The highest BCUT2D eigenvalue weighted by molar-refractivity contribution is 5.78. The zero-order valence-corrected chi connectivity index (χ0v) is 10.9. The molecule has 1 aliphatic heterocycles. The largest absolute Gasteiger partial charge is 0.378 e. The molecule has 4 rings (SSSR count). The summed E-state index contributed by atoms with van der Waals surface area (Å²) in [6, 6.07) is 6.76. The summed E-state index contributed by atoms with van der Waals surface area (Å²) in [7, 11) is 0. The molecule has 2 aliphatic rings. The first-order valence-electron chi connectivity index (χ1n) is 6.77. The summed E-state index contributed by atoms with van der Waals surface area (Å²) in [6.07, 6.45) is 6.21. The van der Waals surface area contributed by atoms with E-state index in [-0.39, 0.29) is 0 Å². The van der Waals surface area contributed by atoms with Crippen molar-refractivity contribution in [3.8, 4) is 0 Å². The minimum atomic E-state index is 0.557. The summed E-state index contributed by atoms with van der Waals surface area (Å²) in [5.74, 6) is 2.09. The predicted octanol–water partition coefficient (Wildman–Crippen LogP) is 3.01. The molecule has 2 aromatic rings. The molecule has 0 saturated heterocycles. The molecule has 0 unspecified atom stereocenters. The molecule has 0 atom stereocenters. The third-order valence-corrected chi connectivity index (χ3v) is 3.83. The van der Waals surface area contributed by atoms with Gasteiger partial charge in [0.15, 0.2) is 5.82 Å². The van der Waals surface area contributed by atoms with E-state index in [4.69, 9.17) is 0 Å². The van der Waals surface area contributed by atoms with Gasteiger partial charge in [0.1, 0.15) is 5.82 Å². The van der Waals surface area contributed by atoms with Crippen LogP contribution in [0.25, 0.3) is 0 Å². The van der Waals surface area contributed by atoms with Gasteiger partial charge in [-0.25, -0.2) is 9.97 Å². The van der Waals surface area contributed by atoms with Gasteiger partial charge in [0.05, 0.1) is 5.69 Å². The summed E-state index contributed by atoms with van der Waals surface area (Å²) < 4.78 is 0. The van der Waals surface area contributed by atoms with Gasteiger partial charge >= 0.3 is 0 Å². The first kappa shape index (κ1) is 10.8. The Morgan fingerprint density at radius 1 is 1.16 bits per heavy atom. The average Bonchev–Trinajstić information content (AvgIpc) is 3.23. The molecule has 0 spiro atoms. The molecule has 0 aromatic carbocycles. The lowest BCUT2D eigenvalue weighted by atomic mass is 10.2. The number of nitrogens with zero attached hydrogens (tertiary/aromatic N) is 3. The summed E-state index contributed by atoms with van der Waals surface area (Å²) in [5, 5.41) is 3.52. The van der Waals surface area contributed by atoms with Crippen molar-refractivity contribution in [2.45, 2.75) is 32.4 Å². The average molecular weight is 252 g/mol. The van der Waals surface area contributed by atoms with E-state index in [1.807, 2.05) is 18.5 Å². The van der Waals surface area contributed by atoms with Gasteiger partial charge in [-0.15, -0.1) is 0 Å². The van der Waals surface area contributed by atoms with Crippen molar-refractivity contribution in [1.82, 2.24) is 9.97 Å². The van der Waals surface area contributed by atoms with Gasteiger partial charge in [-0.2, -0.15) is 0 Å². The number of hydrogen-bond acceptors (Lipinski definition) is 4. The lowest BCUT2D eigenvalue weighted by molar-refractivity contribution is 0.915. The quantitative estimate of drug-likeness (QED) is 0.847. The van der Waals surface area contributed by atoms with Crippen LogP contribution in [-0.2, 0) is 6.54 Å². The maximum Gasteiger partial charge on any atom is 0.158 e. The Morgan fingerprint density at radius 2 is 2.00 bits per heavy atom. The molecule has 2 aromatic heterocycles. The zero-order chi connectivity index (χ0) is 12.8. The van der Waals surface area contributed by atoms with Crippen molar-refractivity contribution < 1.29 is 0 Å². The molecule has 96 valence electrons. The van der Waals surface area contributed by atoms with Gasteiger partial charge in [0, 0.05) is 30.5 Å². The van der Waals surface area contributed by atoms with E-state index in [9.17, 15) is 0 Å². The molecule has 0 radical (unpaired) electrons. The van der Waals surface area contributed by atoms with Crippen LogP contribution in [0.5, 0.6) is 0 Å². The van der Waals surface area contributed by atoms with Crippen molar-refractivity contribution >= 4 is 17.3 Å². The number of aryl methyl sites for hydroxylation is 1. The van der Waals surface area contributed by atoms with E-state index in [0.29, 0.717) is 6.04 Å². The van der Waals surface area contributed by atoms with Crippen molar-refractivity contribution in [3.63, 3.8) is 0 Å². The SMILES string of the molecule is Cc1ccnc2c1NCc1cccnc1N2C1CC1. The van der Waals surface area contributed by atoms with Crippen LogP contribution in [0.2, 0.25) is 0 Å². The summed E-state index contributed by atoms with van der Waals surface area (Å²) in [4.78, 5) is 11.5. The summed E-state index contributed by atoms with van der Waals surface area (Å²) in [5.41, 5.74) is 3.63. The molecule has 0 amide bonds. The van der Waals surface area contributed by atoms with Crippen molar-refractivity contribution in [1.29, 1.82) is 0 Å². The molecule has 1 aliphatic carbocycles. The van der Waals surface area contributed by atoms with Crippen molar-refractivity contribution in [2.75, 3.05) is 10.2 Å². The second-order valence-electron chi connectivity index (χ2n) is 5.27. The fraction of sp³-hybridized carbons (Fsp3) is 0.333. The molecule has 1 fully saturated rings. The Balaban J connectivity index is 1.95. The van der Waals surface area contributed by atoms with Crippen LogP contribution in [0.1, 0.15) is 24.0 Å². The zero-order valence-electron chi connectivity index (χ0n) is 10.9. The Kier molecular flexibility index (Phi) is 2.24. The van der Waals surface area contributed by atoms with E-state index in [2.05, 4.69) is 39.2 Å². The minimum Gasteiger partial charge on any atom is -0.378 e. The summed E-state index contributed by atoms with van der Waals surface area (Å²) in [6.45, 7) is 2.94. The molecule has 1 N–H and O–H groups in total. The molecule has 0 bridgehead atoms. The second kappa shape index (κ2) is 3.95. The number of hydrogen-bond donors (Lipinski definition) is 1. The fourth-order valence-corrected chi connectivity index (χ4v) is 2.69. The van der Waals surface area contributed by atoms with Crippen LogP contribution < -0.4 is 10.2 Å². The monoisotopic (exact) mass is 252 g/mol. The first-order chi connectivity index (χ1) is 9.34. The van der Waals surface area contributed by atoms with Gasteiger partial charge in [-0.1, -0.05) is 6.07 Å². The second-order valence-corrected chi connectivity index (χ2v) is 5.27. The molecule has 19 heavy (non-hydrogen) atoms. The number of aromatic nitrogens is 2. The standard InChI is InChI=1S/C15H16N4/c1-10-6-8-17-15-13(10)18-9-11-3-2-7-16-14(11)19(15)12-4-5-12/h2-3,6-8,12,18H,4-5,9H2,1H3. The summed E-state index contributed by atoms with van der Waals surface area (Å²) >= 11 is 0. The third-order valence-electron chi connectivity index (χ3n) is 3.83. The van der Waals surface area contributed by atoms with Crippen molar-refractivity contribution in [2.24, 2.45) is 0 Å². The van der Waals surface area contributed by atoms with Gasteiger partial charge in [0.25, 0.3) is 0 Å². The molecular formula is C15H16N4. The maximum absolute atomic E-state index is 4.61. The number of pyridine rings is 2. The van der Waals surface area contributed by atoms with E-state index in [1.54, 1.807) is 0 Å². The molecule has 4 nitrogen and oxygen atoms in total. The topological polar surface area (TPSA) is 41.1 Å². The van der Waals surface area contributed by atoms with Gasteiger partial charge in [-0.3, -0.25) is 0 Å². The highest BCUT2D eigenvalue weighted by Gasteiger charge is 2.36. The number of fused-ring (bicyclic) bond motifs is 2. The third kappa shape index (κ3) is 1.67. The van der Waals surface area contributed by atoms with Crippen LogP contribution in [0.3, 0.4) is 0 Å². The molecular weight excluding hydrogens is 236 g/mol. The number of nitrogens with one attached hydrogen (secondary N) is 1. The fourth-order valence-electron chi connectivity index (χ4n) is 2.69. The molecule has 3 heterocycles. The van der Waals surface area contributed by atoms with E-state index in [1.165, 1.54) is 24.0 Å². The Morgan fingerprint density at radius 3 is 2.84 bits per heavy atom. The number of anilines is 3. The van der Waals surface area contributed by atoms with Gasteiger partial charge in [0.2, 0.25) is 0 Å². The normalized spacial score (nSPS) is 17.2. The molecule has 4 heteroatoms. The van der Waals surface area contributed by atoms with Crippen molar-refractivity contribution in [3.05, 3.63) is 41.7 Å². The van der Waals surface area contributed by atoms with E-state index < -0.39 is 0 Å². The van der Waals surface area contributed by atoms with Crippen LogP contribution >= 0.6 is 0 Å². The Labute approximate surface area is 112 Å². The van der Waals surface area contributed by atoms with Crippen LogP contribution in [-0.4, -0.2) is 16.0 Å². The van der Waals surface area contributed by atoms with E-state index >= 15 is 0 Å². The first-order valence-corrected chi connectivity index (χ1v) is 6.77.